The Balaban J connectivity index is 1.70. The Morgan fingerprint density at radius 3 is 2.47 bits per heavy atom. The second-order valence-corrected chi connectivity index (χ2v) is 7.11. The molecule has 1 aliphatic rings. The monoisotopic (exact) mass is 401 g/mol. The fraction of sp³-hybridized carbons (Fsp3) is 0.125. The maximum Gasteiger partial charge on any atom is 0.323 e. The molecule has 2 amide bonds. The quantitative estimate of drug-likeness (QED) is 0.647. The number of carbonyl (C=O) groups is 2. The van der Waals surface area contributed by atoms with Crippen LogP contribution in [-0.2, 0) is 6.42 Å². The van der Waals surface area contributed by atoms with Gasteiger partial charge in [0.2, 0.25) is 0 Å². The number of urea groups is 1. The van der Waals surface area contributed by atoms with Crippen molar-refractivity contribution in [3.05, 3.63) is 94.8 Å². The molecule has 1 heterocycles. The summed E-state index contributed by atoms with van der Waals surface area (Å²) >= 11 is 0. The van der Waals surface area contributed by atoms with Gasteiger partial charge in [-0.1, -0.05) is 30.3 Å². The molecule has 0 saturated carbocycles. The Morgan fingerprint density at radius 2 is 1.77 bits per heavy atom. The fourth-order valence-electron chi connectivity index (χ4n) is 3.64. The zero-order chi connectivity index (χ0) is 21.3. The Kier molecular flexibility index (Phi) is 5.14. The predicted molar refractivity (Wildman–Crippen MR) is 115 cm³/mol. The molecule has 3 aromatic rings. The minimum absolute atomic E-state index is 0.0992. The molecule has 0 radical (unpaired) electrons. The van der Waals surface area contributed by atoms with Crippen LogP contribution in [0.5, 0.6) is 0 Å². The van der Waals surface area contributed by atoms with Gasteiger partial charge in [-0.2, -0.15) is 0 Å². The zero-order valence-corrected chi connectivity index (χ0v) is 16.4. The summed E-state index contributed by atoms with van der Waals surface area (Å²) in [7, 11) is 0. The second-order valence-electron chi connectivity index (χ2n) is 7.11. The Labute approximate surface area is 173 Å². The number of nitrogens with two attached hydrogens (primary N) is 1. The van der Waals surface area contributed by atoms with Crippen molar-refractivity contribution in [3.63, 3.8) is 0 Å². The van der Waals surface area contributed by atoms with Crippen LogP contribution in [0.1, 0.15) is 34.0 Å². The van der Waals surface area contributed by atoms with Crippen LogP contribution in [0, 0.1) is 5.82 Å². The fourth-order valence-corrected chi connectivity index (χ4v) is 3.64. The number of ketones is 1. The van der Waals surface area contributed by atoms with Crippen molar-refractivity contribution in [1.29, 1.82) is 0 Å². The summed E-state index contributed by atoms with van der Waals surface area (Å²) in [5.74, 6) is -0.400. The lowest BCUT2D eigenvalue weighted by Gasteiger charge is -2.22. The second kappa shape index (κ2) is 7.91. The molecule has 5 nitrogen and oxygen atoms in total. The molecule has 0 aromatic heterocycles. The lowest BCUT2D eigenvalue weighted by atomic mass is 9.93. The summed E-state index contributed by atoms with van der Waals surface area (Å²) in [5, 5.41) is 0. The number of rotatable bonds is 4. The minimum atomic E-state index is -0.661. The molecular weight excluding hydrogens is 381 g/mol. The summed E-state index contributed by atoms with van der Waals surface area (Å²) in [6, 6.07) is 18.0. The van der Waals surface area contributed by atoms with Gasteiger partial charge in [-0.05, 0) is 55.3 Å². The molecule has 4 rings (SSSR count). The molecule has 1 aliphatic heterocycles. The zero-order valence-electron chi connectivity index (χ0n) is 16.4. The molecule has 3 aromatic carbocycles. The maximum atomic E-state index is 13.8. The first-order valence-corrected chi connectivity index (χ1v) is 9.58. The molecule has 2 N–H and O–H groups in total. The Hall–Kier alpha value is -3.80. The molecule has 6 heteroatoms. The number of halogens is 1. The molecule has 0 spiro atoms. The van der Waals surface area contributed by atoms with E-state index in [1.165, 1.54) is 24.0 Å². The van der Waals surface area contributed by atoms with E-state index < -0.39 is 6.03 Å². The van der Waals surface area contributed by atoms with E-state index in [-0.39, 0.29) is 11.6 Å². The van der Waals surface area contributed by atoms with Gasteiger partial charge in [0.05, 0.1) is 17.1 Å². The molecule has 0 fully saturated rings. The van der Waals surface area contributed by atoms with Crippen molar-refractivity contribution in [2.24, 2.45) is 10.7 Å². The number of fused-ring (bicyclic) bond motifs is 1. The van der Waals surface area contributed by atoms with Gasteiger partial charge in [-0.3, -0.25) is 14.7 Å². The lowest BCUT2D eigenvalue weighted by molar-refractivity contribution is 0.101. The first-order chi connectivity index (χ1) is 14.4. The molecular formula is C24H20FN3O2. The first kappa shape index (κ1) is 19.5. The molecule has 150 valence electrons. The average Bonchev–Trinajstić information content (AvgIpc) is 2.74. The summed E-state index contributed by atoms with van der Waals surface area (Å²) in [4.78, 5) is 29.8. The number of amides is 2. The topological polar surface area (TPSA) is 75.8 Å². The smallest absolute Gasteiger partial charge is 0.323 e. The maximum absolute atomic E-state index is 13.8. The van der Waals surface area contributed by atoms with Crippen LogP contribution in [0.25, 0.3) is 0 Å². The minimum Gasteiger partial charge on any atom is -0.351 e. The normalized spacial score (nSPS) is 12.7. The summed E-state index contributed by atoms with van der Waals surface area (Å²) in [5.41, 5.74) is 10.6. The van der Waals surface area contributed by atoms with Gasteiger partial charge >= 0.3 is 6.03 Å². The van der Waals surface area contributed by atoms with Crippen molar-refractivity contribution < 1.29 is 14.0 Å². The number of primary amides is 1. The van der Waals surface area contributed by atoms with Crippen molar-refractivity contribution in [3.8, 4) is 0 Å². The van der Waals surface area contributed by atoms with Crippen LogP contribution in [0.4, 0.5) is 20.6 Å². The van der Waals surface area contributed by atoms with E-state index in [1.807, 2.05) is 12.1 Å². The largest absolute Gasteiger partial charge is 0.351 e. The van der Waals surface area contributed by atoms with E-state index in [9.17, 15) is 14.0 Å². The van der Waals surface area contributed by atoms with Gasteiger partial charge < -0.3 is 5.73 Å². The van der Waals surface area contributed by atoms with Crippen LogP contribution >= 0.6 is 0 Å². The van der Waals surface area contributed by atoms with Crippen molar-refractivity contribution in [1.82, 2.24) is 0 Å². The van der Waals surface area contributed by atoms with Gasteiger partial charge in [0.25, 0.3) is 0 Å². The van der Waals surface area contributed by atoms with Gasteiger partial charge in [-0.15, -0.1) is 0 Å². The van der Waals surface area contributed by atoms with E-state index in [2.05, 4.69) is 4.99 Å². The van der Waals surface area contributed by atoms with Crippen LogP contribution in [0.15, 0.2) is 71.7 Å². The number of aliphatic imine (C=N–C) groups is 1. The number of hydrogen-bond donors (Lipinski definition) is 1. The van der Waals surface area contributed by atoms with Crippen LogP contribution in [0.2, 0.25) is 0 Å². The summed E-state index contributed by atoms with van der Waals surface area (Å²) in [6.07, 6.45) is 0.777. The van der Waals surface area contributed by atoms with Crippen LogP contribution in [0.3, 0.4) is 0 Å². The number of carbonyl (C=O) groups excluding carboxylic acids is 2. The SMILES string of the molecule is CC(=O)c1cccc(N(C(N)=O)c2ccc(C3=NCCc4ccc(F)cc43)cc2)c1. The molecule has 0 bridgehead atoms. The number of hydrogen-bond acceptors (Lipinski definition) is 3. The summed E-state index contributed by atoms with van der Waals surface area (Å²) < 4.78 is 13.8. The third-order valence-corrected chi connectivity index (χ3v) is 5.11. The molecule has 0 aliphatic carbocycles. The first-order valence-electron chi connectivity index (χ1n) is 9.58. The van der Waals surface area contributed by atoms with E-state index in [0.717, 1.165) is 28.8 Å². The third-order valence-electron chi connectivity index (χ3n) is 5.11. The van der Waals surface area contributed by atoms with Gasteiger partial charge in [0.15, 0.2) is 5.78 Å². The highest BCUT2D eigenvalue weighted by atomic mass is 19.1. The van der Waals surface area contributed by atoms with E-state index in [1.54, 1.807) is 42.5 Å². The molecule has 0 atom stereocenters. The van der Waals surface area contributed by atoms with Gasteiger partial charge in [0.1, 0.15) is 5.82 Å². The number of benzene rings is 3. The van der Waals surface area contributed by atoms with E-state index in [0.29, 0.717) is 23.5 Å². The predicted octanol–water partition coefficient (Wildman–Crippen LogP) is 4.64. The molecule has 0 saturated heterocycles. The van der Waals surface area contributed by atoms with Crippen LogP contribution < -0.4 is 10.6 Å². The van der Waals surface area contributed by atoms with Crippen molar-refractivity contribution >= 4 is 28.9 Å². The summed E-state index contributed by atoms with van der Waals surface area (Å²) in [6.45, 7) is 2.11. The van der Waals surface area contributed by atoms with Crippen LogP contribution in [-0.4, -0.2) is 24.1 Å². The van der Waals surface area contributed by atoms with Crippen molar-refractivity contribution in [2.75, 3.05) is 11.4 Å². The average molecular weight is 401 g/mol. The molecule has 0 unspecified atom stereocenters. The molecule has 30 heavy (non-hydrogen) atoms. The highest BCUT2D eigenvalue weighted by molar-refractivity contribution is 6.14. The highest BCUT2D eigenvalue weighted by Gasteiger charge is 2.19. The highest BCUT2D eigenvalue weighted by Crippen LogP contribution is 2.28. The standard InChI is InChI=1S/C24H20FN3O2/c1-15(29)18-3-2-4-21(13-18)28(24(26)30)20-9-6-17(7-10-20)23-22-14-19(25)8-5-16(22)11-12-27-23/h2-10,13-14H,11-12H2,1H3,(H2,26,30). The Bertz CT molecular complexity index is 1170. The van der Waals surface area contributed by atoms with E-state index >= 15 is 0 Å². The van der Waals surface area contributed by atoms with Crippen molar-refractivity contribution in [2.45, 2.75) is 13.3 Å². The number of Topliss-reactive ketones (excluding diaryl/α,β-unsaturated/α-hetero) is 1. The van der Waals surface area contributed by atoms with Gasteiger partial charge in [0, 0.05) is 23.2 Å². The Morgan fingerprint density at radius 1 is 1.00 bits per heavy atom. The van der Waals surface area contributed by atoms with E-state index in [4.69, 9.17) is 5.73 Å². The number of nitrogens with zero attached hydrogens (tertiary/aromatic N) is 2. The number of anilines is 2. The third kappa shape index (κ3) is 3.72. The lowest BCUT2D eigenvalue weighted by Crippen LogP contribution is -2.31. The van der Waals surface area contributed by atoms with Gasteiger partial charge in [-0.25, -0.2) is 9.18 Å².